The summed E-state index contributed by atoms with van der Waals surface area (Å²) in [7, 11) is 1.50. The summed E-state index contributed by atoms with van der Waals surface area (Å²) in [6, 6.07) is 7.71. The lowest BCUT2D eigenvalue weighted by Gasteiger charge is -2.11. The van der Waals surface area contributed by atoms with E-state index in [1.54, 1.807) is 13.8 Å². The van der Waals surface area contributed by atoms with Crippen LogP contribution in [0.3, 0.4) is 0 Å². The van der Waals surface area contributed by atoms with Crippen molar-refractivity contribution in [3.63, 3.8) is 0 Å². The Labute approximate surface area is 132 Å². The zero-order chi connectivity index (χ0) is 16.4. The van der Waals surface area contributed by atoms with Gasteiger partial charge in [0.15, 0.2) is 5.58 Å². The third-order valence-electron chi connectivity index (χ3n) is 3.48. The number of methoxy groups -OCH3 is 1. The number of para-hydroxylation sites is 1. The van der Waals surface area contributed by atoms with Gasteiger partial charge in [-0.05, 0) is 26.0 Å². The molecule has 7 nitrogen and oxygen atoms in total. The van der Waals surface area contributed by atoms with E-state index >= 15 is 0 Å². The molecule has 0 saturated heterocycles. The first-order chi connectivity index (χ1) is 11.1. The molecule has 3 rings (SSSR count). The molecular weight excluding hydrogens is 296 g/mol. The first-order valence-corrected chi connectivity index (χ1v) is 7.11. The Kier molecular flexibility index (Phi) is 3.92. The Morgan fingerprint density at radius 2 is 1.91 bits per heavy atom. The summed E-state index contributed by atoms with van der Waals surface area (Å²) < 4.78 is 10.2. The van der Waals surface area contributed by atoms with Crippen LogP contribution in [0.2, 0.25) is 0 Å². The summed E-state index contributed by atoms with van der Waals surface area (Å²) in [4.78, 5) is 20.6. The van der Waals surface area contributed by atoms with Gasteiger partial charge in [0.1, 0.15) is 5.69 Å². The van der Waals surface area contributed by atoms with Crippen LogP contribution < -0.4 is 10.1 Å². The van der Waals surface area contributed by atoms with Crippen LogP contribution in [0, 0.1) is 13.8 Å². The van der Waals surface area contributed by atoms with Gasteiger partial charge in [-0.2, -0.15) is 9.97 Å². The summed E-state index contributed by atoms with van der Waals surface area (Å²) in [5.74, 6) is -0.205. The minimum atomic E-state index is -0.205. The van der Waals surface area contributed by atoms with E-state index < -0.39 is 0 Å². The second kappa shape index (κ2) is 6.04. The van der Waals surface area contributed by atoms with Gasteiger partial charge in [-0.1, -0.05) is 17.3 Å². The lowest BCUT2D eigenvalue weighted by atomic mass is 10.1. The van der Waals surface area contributed by atoms with Gasteiger partial charge in [-0.3, -0.25) is 4.79 Å². The number of carbonyl (C=O) groups excluding carboxylic acids is 1. The van der Waals surface area contributed by atoms with E-state index in [1.165, 1.54) is 7.11 Å². The number of rotatable bonds is 4. The number of nitrogens with zero attached hydrogens (tertiary/aromatic N) is 3. The number of carbonyl (C=O) groups is 1. The number of benzene rings is 1. The molecule has 1 N–H and O–H groups in total. The monoisotopic (exact) mass is 312 g/mol. The molecule has 0 bridgehead atoms. The normalized spacial score (nSPS) is 10.7. The number of nitrogens with one attached hydrogen (secondary N) is 1. The fourth-order valence-electron chi connectivity index (χ4n) is 2.36. The van der Waals surface area contributed by atoms with E-state index in [1.807, 2.05) is 24.3 Å². The zero-order valence-electron chi connectivity index (χ0n) is 13.1. The van der Waals surface area contributed by atoms with Gasteiger partial charge in [-0.25, -0.2) is 0 Å². The van der Waals surface area contributed by atoms with Crippen molar-refractivity contribution >= 4 is 22.6 Å². The smallest absolute Gasteiger partial charge is 0.316 e. The largest absolute Gasteiger partial charge is 0.467 e. The van der Waals surface area contributed by atoms with Gasteiger partial charge >= 0.3 is 6.01 Å². The third kappa shape index (κ3) is 2.98. The summed E-state index contributed by atoms with van der Waals surface area (Å²) in [5.41, 5.74) is 3.14. The van der Waals surface area contributed by atoms with Crippen molar-refractivity contribution in [3.05, 3.63) is 41.3 Å². The molecule has 0 saturated carbocycles. The van der Waals surface area contributed by atoms with E-state index in [0.717, 1.165) is 5.39 Å². The molecule has 2 heterocycles. The van der Waals surface area contributed by atoms with Crippen molar-refractivity contribution in [1.29, 1.82) is 0 Å². The Balaban J connectivity index is 1.80. The fraction of sp³-hybridized carbons (Fsp3) is 0.250. The highest BCUT2D eigenvalue weighted by atomic mass is 16.5. The molecule has 0 aliphatic heterocycles. The van der Waals surface area contributed by atoms with Crippen LogP contribution in [0.5, 0.6) is 6.01 Å². The lowest BCUT2D eigenvalue weighted by Crippen LogP contribution is -2.17. The van der Waals surface area contributed by atoms with E-state index in [2.05, 4.69) is 20.4 Å². The molecule has 1 amide bonds. The van der Waals surface area contributed by atoms with Crippen LogP contribution in [0.25, 0.3) is 11.0 Å². The summed E-state index contributed by atoms with van der Waals surface area (Å²) >= 11 is 0. The number of aromatic nitrogens is 3. The van der Waals surface area contributed by atoms with Gasteiger partial charge < -0.3 is 14.6 Å². The van der Waals surface area contributed by atoms with Crippen LogP contribution in [-0.2, 0) is 11.2 Å². The predicted molar refractivity (Wildman–Crippen MR) is 84.4 cm³/mol. The Morgan fingerprint density at radius 1 is 1.22 bits per heavy atom. The maximum Gasteiger partial charge on any atom is 0.316 e. The maximum absolute atomic E-state index is 12.3. The highest BCUT2D eigenvalue weighted by Gasteiger charge is 2.15. The van der Waals surface area contributed by atoms with Gasteiger partial charge in [0.05, 0.1) is 30.6 Å². The van der Waals surface area contributed by atoms with Crippen molar-refractivity contribution in [1.82, 2.24) is 15.1 Å². The predicted octanol–water partition coefficient (Wildman–Crippen LogP) is 2.42. The van der Waals surface area contributed by atoms with Crippen molar-refractivity contribution in [3.8, 4) is 6.01 Å². The van der Waals surface area contributed by atoms with Crippen molar-refractivity contribution in [2.45, 2.75) is 20.3 Å². The van der Waals surface area contributed by atoms with Crippen molar-refractivity contribution in [2.75, 3.05) is 12.4 Å². The second-order valence-corrected chi connectivity index (χ2v) is 5.11. The van der Waals surface area contributed by atoms with Gasteiger partial charge in [0.2, 0.25) is 5.91 Å². The molecule has 7 heteroatoms. The molecule has 0 spiro atoms. The van der Waals surface area contributed by atoms with E-state index in [9.17, 15) is 4.79 Å². The number of hydrogen-bond acceptors (Lipinski definition) is 6. The van der Waals surface area contributed by atoms with E-state index in [-0.39, 0.29) is 18.3 Å². The number of aryl methyl sites for hydroxylation is 2. The minimum absolute atomic E-state index is 0.113. The maximum atomic E-state index is 12.3. The third-order valence-corrected chi connectivity index (χ3v) is 3.48. The first-order valence-electron chi connectivity index (χ1n) is 7.11. The highest BCUT2D eigenvalue weighted by Crippen LogP contribution is 2.21. The standard InChI is InChI=1S/C16H16N4O3/c1-9-15(10(2)18-16(17-9)22-3)19-14(21)8-12-11-6-4-5-7-13(11)23-20-12/h4-7H,8H2,1-3H3,(H,19,21). The highest BCUT2D eigenvalue weighted by molar-refractivity contribution is 5.95. The molecular formula is C16H16N4O3. The SMILES string of the molecule is COc1nc(C)c(NC(=O)Cc2noc3ccccc23)c(C)n1. The van der Waals surface area contributed by atoms with Crippen molar-refractivity contribution in [2.24, 2.45) is 0 Å². The molecule has 3 aromatic rings. The molecule has 0 atom stereocenters. The summed E-state index contributed by atoms with van der Waals surface area (Å²) in [5, 5.41) is 7.63. The van der Waals surface area contributed by atoms with Crippen molar-refractivity contribution < 1.29 is 14.1 Å². The fourth-order valence-corrected chi connectivity index (χ4v) is 2.36. The average Bonchev–Trinajstić information content (AvgIpc) is 2.94. The number of fused-ring (bicyclic) bond motifs is 1. The molecule has 1 aromatic carbocycles. The molecule has 0 aliphatic rings. The van der Waals surface area contributed by atoms with Gasteiger partial charge in [-0.15, -0.1) is 0 Å². The molecule has 23 heavy (non-hydrogen) atoms. The molecule has 0 radical (unpaired) electrons. The Bertz CT molecular complexity index is 850. The van der Waals surface area contributed by atoms with Crippen LogP contribution in [-0.4, -0.2) is 28.1 Å². The molecule has 2 aromatic heterocycles. The second-order valence-electron chi connectivity index (χ2n) is 5.11. The summed E-state index contributed by atoms with van der Waals surface area (Å²) in [6.07, 6.45) is 0.113. The lowest BCUT2D eigenvalue weighted by molar-refractivity contribution is -0.115. The van der Waals surface area contributed by atoms with Crippen LogP contribution >= 0.6 is 0 Å². The molecule has 0 unspecified atom stereocenters. The number of amides is 1. The number of hydrogen-bond donors (Lipinski definition) is 1. The van der Waals surface area contributed by atoms with Crippen LogP contribution in [0.15, 0.2) is 28.8 Å². The average molecular weight is 312 g/mol. The summed E-state index contributed by atoms with van der Waals surface area (Å²) in [6.45, 7) is 3.58. The Hall–Kier alpha value is -2.96. The minimum Gasteiger partial charge on any atom is -0.467 e. The van der Waals surface area contributed by atoms with Crippen LogP contribution in [0.4, 0.5) is 5.69 Å². The van der Waals surface area contributed by atoms with Gasteiger partial charge in [0, 0.05) is 5.39 Å². The Morgan fingerprint density at radius 3 is 2.61 bits per heavy atom. The van der Waals surface area contributed by atoms with Gasteiger partial charge in [0.25, 0.3) is 0 Å². The van der Waals surface area contributed by atoms with E-state index in [4.69, 9.17) is 9.26 Å². The first kappa shape index (κ1) is 15.0. The topological polar surface area (TPSA) is 90.1 Å². The molecule has 0 aliphatic carbocycles. The quantitative estimate of drug-likeness (QED) is 0.795. The molecule has 118 valence electrons. The zero-order valence-corrected chi connectivity index (χ0v) is 13.1. The van der Waals surface area contributed by atoms with Crippen LogP contribution in [0.1, 0.15) is 17.1 Å². The number of anilines is 1. The molecule has 0 fully saturated rings. The number of ether oxygens (including phenoxy) is 1. The van der Waals surface area contributed by atoms with E-state index in [0.29, 0.717) is 28.4 Å².